The summed E-state index contributed by atoms with van der Waals surface area (Å²) in [4.78, 5) is 25.5. The summed E-state index contributed by atoms with van der Waals surface area (Å²) < 4.78 is 10.5. The molecule has 4 nitrogen and oxygen atoms in total. The van der Waals surface area contributed by atoms with Crippen LogP contribution in [-0.4, -0.2) is 25.8 Å². The molecule has 0 radical (unpaired) electrons. The molecule has 4 rings (SSSR count). The number of rotatable bonds is 5. The van der Waals surface area contributed by atoms with Crippen molar-refractivity contribution < 1.29 is 19.1 Å². The molecule has 0 aliphatic heterocycles. The molecule has 2 aliphatic carbocycles. The summed E-state index contributed by atoms with van der Waals surface area (Å²) in [6, 6.07) is 15.9. The van der Waals surface area contributed by atoms with E-state index in [1.165, 1.54) is 0 Å². The highest BCUT2D eigenvalue weighted by atomic mass is 16.5. The van der Waals surface area contributed by atoms with E-state index in [1.807, 2.05) is 48.5 Å². The van der Waals surface area contributed by atoms with Gasteiger partial charge in [-0.05, 0) is 71.6 Å². The van der Waals surface area contributed by atoms with Gasteiger partial charge in [-0.25, -0.2) is 0 Å². The van der Waals surface area contributed by atoms with Crippen LogP contribution in [0.3, 0.4) is 0 Å². The zero-order chi connectivity index (χ0) is 21.1. The van der Waals surface area contributed by atoms with Crippen molar-refractivity contribution >= 4 is 11.6 Å². The van der Waals surface area contributed by atoms with Gasteiger partial charge in [-0.3, -0.25) is 9.59 Å². The molecule has 0 bridgehead atoms. The van der Waals surface area contributed by atoms with Crippen molar-refractivity contribution in [2.24, 2.45) is 5.92 Å². The Morgan fingerprint density at radius 2 is 1.23 bits per heavy atom. The van der Waals surface area contributed by atoms with Crippen LogP contribution in [0.4, 0.5) is 0 Å². The van der Waals surface area contributed by atoms with Crippen molar-refractivity contribution in [1.82, 2.24) is 0 Å². The molecule has 3 atom stereocenters. The predicted octanol–water partition coefficient (Wildman–Crippen LogP) is 5.23. The van der Waals surface area contributed by atoms with E-state index >= 15 is 0 Å². The maximum atomic E-state index is 13.0. The first-order chi connectivity index (χ1) is 14.6. The van der Waals surface area contributed by atoms with Gasteiger partial charge in [0.15, 0.2) is 5.78 Å². The van der Waals surface area contributed by atoms with Gasteiger partial charge in [0, 0.05) is 19.3 Å². The lowest BCUT2D eigenvalue weighted by molar-refractivity contribution is -0.122. The van der Waals surface area contributed by atoms with Crippen LogP contribution in [0.25, 0.3) is 0 Å². The van der Waals surface area contributed by atoms with E-state index in [0.29, 0.717) is 19.3 Å². The zero-order valence-electron chi connectivity index (χ0n) is 17.6. The monoisotopic (exact) mass is 404 g/mol. The first-order valence-electron chi connectivity index (χ1n) is 10.6. The van der Waals surface area contributed by atoms with E-state index in [0.717, 1.165) is 41.0 Å². The number of Topliss-reactive ketones (excluding diaryl/α,β-unsaturated/α-hetero) is 2. The van der Waals surface area contributed by atoms with Crippen LogP contribution in [0.2, 0.25) is 0 Å². The Labute approximate surface area is 177 Å². The predicted molar refractivity (Wildman–Crippen MR) is 116 cm³/mol. The zero-order valence-corrected chi connectivity index (χ0v) is 17.6. The highest BCUT2D eigenvalue weighted by molar-refractivity contribution is 5.98. The van der Waals surface area contributed by atoms with Crippen molar-refractivity contribution in [1.29, 1.82) is 0 Å². The number of ether oxygens (including phenoxy) is 2. The molecule has 0 N–H and O–H groups in total. The Balaban J connectivity index is 1.48. The first kappa shape index (κ1) is 20.4. The van der Waals surface area contributed by atoms with Crippen molar-refractivity contribution in [3.8, 4) is 11.5 Å². The average Bonchev–Trinajstić information content (AvgIpc) is 2.78. The topological polar surface area (TPSA) is 52.6 Å². The van der Waals surface area contributed by atoms with E-state index in [9.17, 15) is 9.59 Å². The Morgan fingerprint density at radius 1 is 0.700 bits per heavy atom. The van der Waals surface area contributed by atoms with Gasteiger partial charge in [0.25, 0.3) is 0 Å². The fraction of sp³-hybridized carbons (Fsp3) is 0.385. The number of carbonyl (C=O) groups is 2. The smallest absolute Gasteiger partial charge is 0.159 e. The van der Waals surface area contributed by atoms with Crippen molar-refractivity contribution in [2.45, 2.75) is 43.9 Å². The molecular formula is C26H28O4. The lowest BCUT2D eigenvalue weighted by Crippen LogP contribution is -2.28. The minimum Gasteiger partial charge on any atom is -0.497 e. The standard InChI is InChI=1S/C26H28O4/c1-29-23-8-3-17(4-9-23)19-7-12-25(26(28)16-19)21-13-20(14-22(27)15-21)18-5-10-24(30-2)11-6-18/h3-6,8-12,19-21H,7,13-16H2,1-2H3. The van der Waals surface area contributed by atoms with E-state index in [1.54, 1.807) is 14.2 Å². The fourth-order valence-corrected chi connectivity index (χ4v) is 4.84. The largest absolute Gasteiger partial charge is 0.497 e. The summed E-state index contributed by atoms with van der Waals surface area (Å²) in [5.74, 6) is 2.46. The number of methoxy groups -OCH3 is 2. The Hall–Kier alpha value is -2.88. The molecule has 1 fully saturated rings. The quantitative estimate of drug-likeness (QED) is 0.685. The molecule has 4 heteroatoms. The number of hydrogen-bond donors (Lipinski definition) is 0. The van der Waals surface area contributed by atoms with E-state index in [2.05, 4.69) is 6.08 Å². The van der Waals surface area contributed by atoms with E-state index in [-0.39, 0.29) is 29.3 Å². The van der Waals surface area contributed by atoms with Gasteiger partial charge in [0.1, 0.15) is 17.3 Å². The van der Waals surface area contributed by atoms with Crippen LogP contribution in [0.15, 0.2) is 60.2 Å². The lowest BCUT2D eigenvalue weighted by Gasteiger charge is -2.32. The number of benzene rings is 2. The maximum absolute atomic E-state index is 13.0. The molecule has 3 unspecified atom stereocenters. The Kier molecular flexibility index (Phi) is 6.03. The normalized spacial score (nSPS) is 24.3. The SMILES string of the molecule is COc1ccc(C2CC=C(C3CC(=O)CC(c4ccc(OC)cc4)C3)C(=O)C2)cc1. The van der Waals surface area contributed by atoms with Crippen LogP contribution < -0.4 is 9.47 Å². The summed E-state index contributed by atoms with van der Waals surface area (Å²) in [6.45, 7) is 0. The molecule has 1 saturated carbocycles. The van der Waals surface area contributed by atoms with Gasteiger partial charge in [0.2, 0.25) is 0 Å². The second-order valence-corrected chi connectivity index (χ2v) is 8.34. The van der Waals surface area contributed by atoms with Gasteiger partial charge < -0.3 is 9.47 Å². The maximum Gasteiger partial charge on any atom is 0.159 e. The van der Waals surface area contributed by atoms with Gasteiger partial charge in [-0.15, -0.1) is 0 Å². The fourth-order valence-electron chi connectivity index (χ4n) is 4.84. The summed E-state index contributed by atoms with van der Waals surface area (Å²) in [5.41, 5.74) is 3.18. The minimum atomic E-state index is 0.0302. The van der Waals surface area contributed by atoms with Crippen LogP contribution in [0.5, 0.6) is 11.5 Å². The first-order valence-corrected chi connectivity index (χ1v) is 10.6. The lowest BCUT2D eigenvalue weighted by atomic mass is 9.71. The molecule has 0 spiro atoms. The van der Waals surface area contributed by atoms with Crippen LogP contribution in [-0.2, 0) is 9.59 Å². The van der Waals surface area contributed by atoms with Crippen LogP contribution in [0, 0.1) is 5.92 Å². The third-order valence-corrected chi connectivity index (χ3v) is 6.51. The Bertz CT molecular complexity index is 940. The molecule has 2 aliphatic rings. The van der Waals surface area contributed by atoms with Gasteiger partial charge in [-0.2, -0.15) is 0 Å². The summed E-state index contributed by atoms with van der Waals surface area (Å²) >= 11 is 0. The molecule has 2 aromatic carbocycles. The number of allylic oxidation sites excluding steroid dienone is 2. The molecule has 0 heterocycles. The molecule has 0 aromatic heterocycles. The number of ketones is 2. The van der Waals surface area contributed by atoms with Crippen LogP contribution in [0.1, 0.15) is 55.1 Å². The third kappa shape index (κ3) is 4.33. The summed E-state index contributed by atoms with van der Waals surface area (Å²) in [6.07, 6.45) is 5.33. The van der Waals surface area contributed by atoms with Crippen molar-refractivity contribution in [3.05, 3.63) is 71.3 Å². The Morgan fingerprint density at radius 3 is 1.77 bits per heavy atom. The molecule has 0 amide bonds. The molecule has 0 saturated heterocycles. The highest BCUT2D eigenvalue weighted by Crippen LogP contribution is 2.41. The average molecular weight is 405 g/mol. The molecule has 30 heavy (non-hydrogen) atoms. The summed E-state index contributed by atoms with van der Waals surface area (Å²) in [7, 11) is 3.30. The number of carbonyl (C=O) groups excluding carboxylic acids is 2. The second-order valence-electron chi connectivity index (χ2n) is 8.34. The van der Waals surface area contributed by atoms with Gasteiger partial charge in [-0.1, -0.05) is 30.3 Å². The molecule has 156 valence electrons. The highest BCUT2D eigenvalue weighted by Gasteiger charge is 2.35. The third-order valence-electron chi connectivity index (χ3n) is 6.51. The van der Waals surface area contributed by atoms with Crippen molar-refractivity contribution in [3.63, 3.8) is 0 Å². The van der Waals surface area contributed by atoms with Gasteiger partial charge in [0.05, 0.1) is 14.2 Å². The van der Waals surface area contributed by atoms with E-state index < -0.39 is 0 Å². The van der Waals surface area contributed by atoms with E-state index in [4.69, 9.17) is 9.47 Å². The summed E-state index contributed by atoms with van der Waals surface area (Å²) in [5, 5.41) is 0. The minimum absolute atomic E-state index is 0.0302. The number of hydrogen-bond acceptors (Lipinski definition) is 4. The molecule has 2 aromatic rings. The van der Waals surface area contributed by atoms with Crippen LogP contribution >= 0.6 is 0 Å². The van der Waals surface area contributed by atoms with Gasteiger partial charge >= 0.3 is 0 Å². The van der Waals surface area contributed by atoms with Crippen molar-refractivity contribution in [2.75, 3.05) is 14.2 Å². The second kappa shape index (κ2) is 8.86. The molecular weight excluding hydrogens is 376 g/mol.